The van der Waals surface area contributed by atoms with Gasteiger partial charge in [-0.3, -0.25) is 4.98 Å². The first-order valence-electron chi connectivity index (χ1n) is 5.15. The Labute approximate surface area is 94.2 Å². The number of rotatable bonds is 3. The van der Waals surface area contributed by atoms with Crippen molar-refractivity contribution in [2.75, 3.05) is 5.32 Å². The standard InChI is InChI=1S/C13H13FN2/c1-10-6-7-15-8-11(10)9-16-13-5-3-2-4-12(13)14/h2-8,16H,9H2,1H3. The molecular formula is C13H13FN2. The number of benzene rings is 1. The third-order valence-corrected chi connectivity index (χ3v) is 2.49. The van der Waals surface area contributed by atoms with Crippen LogP contribution in [0, 0.1) is 12.7 Å². The van der Waals surface area contributed by atoms with Crippen LogP contribution in [0.3, 0.4) is 0 Å². The number of anilines is 1. The maximum atomic E-state index is 13.3. The highest BCUT2D eigenvalue weighted by Gasteiger charge is 2.01. The molecule has 0 aliphatic heterocycles. The first-order valence-corrected chi connectivity index (χ1v) is 5.15. The van der Waals surface area contributed by atoms with E-state index in [-0.39, 0.29) is 5.82 Å². The van der Waals surface area contributed by atoms with Gasteiger partial charge in [-0.25, -0.2) is 4.39 Å². The molecule has 2 rings (SSSR count). The van der Waals surface area contributed by atoms with Crippen molar-refractivity contribution in [2.45, 2.75) is 13.5 Å². The fourth-order valence-corrected chi connectivity index (χ4v) is 1.48. The minimum Gasteiger partial charge on any atom is -0.379 e. The lowest BCUT2D eigenvalue weighted by molar-refractivity contribution is 0.630. The first-order chi connectivity index (χ1) is 7.77. The highest BCUT2D eigenvalue weighted by molar-refractivity contribution is 5.45. The van der Waals surface area contributed by atoms with E-state index in [1.165, 1.54) is 6.07 Å². The van der Waals surface area contributed by atoms with Gasteiger partial charge in [-0.15, -0.1) is 0 Å². The lowest BCUT2D eigenvalue weighted by Crippen LogP contribution is -2.03. The van der Waals surface area contributed by atoms with Gasteiger partial charge in [0, 0.05) is 18.9 Å². The number of nitrogens with one attached hydrogen (secondary N) is 1. The zero-order valence-electron chi connectivity index (χ0n) is 9.07. The topological polar surface area (TPSA) is 24.9 Å². The second-order valence-corrected chi connectivity index (χ2v) is 3.64. The maximum Gasteiger partial charge on any atom is 0.146 e. The zero-order chi connectivity index (χ0) is 11.4. The SMILES string of the molecule is Cc1ccncc1CNc1ccccc1F. The molecule has 0 bridgehead atoms. The summed E-state index contributed by atoms with van der Waals surface area (Å²) in [6, 6.07) is 8.59. The van der Waals surface area contributed by atoms with Gasteiger partial charge in [-0.1, -0.05) is 12.1 Å². The molecule has 0 aliphatic carbocycles. The zero-order valence-corrected chi connectivity index (χ0v) is 9.07. The molecule has 82 valence electrons. The van der Waals surface area contributed by atoms with Crippen molar-refractivity contribution in [3.63, 3.8) is 0 Å². The lowest BCUT2D eigenvalue weighted by atomic mass is 10.1. The van der Waals surface area contributed by atoms with E-state index in [0.717, 1.165) is 11.1 Å². The van der Waals surface area contributed by atoms with Crippen LogP contribution >= 0.6 is 0 Å². The van der Waals surface area contributed by atoms with Crippen molar-refractivity contribution in [1.82, 2.24) is 4.98 Å². The van der Waals surface area contributed by atoms with Crippen LogP contribution in [0.15, 0.2) is 42.7 Å². The van der Waals surface area contributed by atoms with Crippen LogP contribution in [0.4, 0.5) is 10.1 Å². The van der Waals surface area contributed by atoms with Gasteiger partial charge in [0.15, 0.2) is 0 Å². The molecule has 0 amide bonds. The summed E-state index contributed by atoms with van der Waals surface area (Å²) in [5.74, 6) is -0.232. The largest absolute Gasteiger partial charge is 0.379 e. The summed E-state index contributed by atoms with van der Waals surface area (Å²) in [5, 5.41) is 3.06. The highest BCUT2D eigenvalue weighted by atomic mass is 19.1. The summed E-state index contributed by atoms with van der Waals surface area (Å²) in [6.45, 7) is 2.60. The van der Waals surface area contributed by atoms with Crippen molar-refractivity contribution >= 4 is 5.69 Å². The van der Waals surface area contributed by atoms with Crippen molar-refractivity contribution in [3.05, 3.63) is 59.7 Å². The molecule has 3 heteroatoms. The monoisotopic (exact) mass is 216 g/mol. The van der Waals surface area contributed by atoms with E-state index in [0.29, 0.717) is 12.2 Å². The second kappa shape index (κ2) is 4.75. The average Bonchev–Trinajstić information content (AvgIpc) is 2.30. The number of para-hydroxylation sites is 1. The van der Waals surface area contributed by atoms with Gasteiger partial charge >= 0.3 is 0 Å². The Hall–Kier alpha value is -1.90. The summed E-state index contributed by atoms with van der Waals surface area (Å²) in [6.07, 6.45) is 3.55. The van der Waals surface area contributed by atoms with Gasteiger partial charge in [-0.05, 0) is 36.2 Å². The highest BCUT2D eigenvalue weighted by Crippen LogP contribution is 2.14. The number of aryl methyl sites for hydroxylation is 1. The van der Waals surface area contributed by atoms with Crippen LogP contribution in [0.5, 0.6) is 0 Å². The molecule has 0 aliphatic rings. The predicted molar refractivity (Wildman–Crippen MR) is 62.7 cm³/mol. The Morgan fingerprint density at radius 3 is 2.81 bits per heavy atom. The smallest absolute Gasteiger partial charge is 0.146 e. The normalized spacial score (nSPS) is 10.1. The summed E-state index contributed by atoms with van der Waals surface area (Å²) >= 11 is 0. The Morgan fingerprint density at radius 1 is 1.25 bits per heavy atom. The lowest BCUT2D eigenvalue weighted by Gasteiger charge is -2.08. The summed E-state index contributed by atoms with van der Waals surface area (Å²) in [7, 11) is 0. The van der Waals surface area contributed by atoms with Gasteiger partial charge in [0.2, 0.25) is 0 Å². The van der Waals surface area contributed by atoms with Gasteiger partial charge in [-0.2, -0.15) is 0 Å². The van der Waals surface area contributed by atoms with E-state index < -0.39 is 0 Å². The molecule has 0 atom stereocenters. The Kier molecular flexibility index (Phi) is 3.15. The van der Waals surface area contributed by atoms with Crippen molar-refractivity contribution in [1.29, 1.82) is 0 Å². The third-order valence-electron chi connectivity index (χ3n) is 2.49. The molecule has 0 fully saturated rings. The molecule has 0 saturated carbocycles. The number of hydrogen-bond donors (Lipinski definition) is 1. The number of pyridine rings is 1. The van der Waals surface area contributed by atoms with Gasteiger partial charge in [0.1, 0.15) is 5.82 Å². The Bertz CT molecular complexity index is 437. The minimum absolute atomic E-state index is 0.232. The fraction of sp³-hybridized carbons (Fsp3) is 0.154. The fourth-order valence-electron chi connectivity index (χ4n) is 1.48. The summed E-state index contributed by atoms with van der Waals surface area (Å²) in [4.78, 5) is 4.05. The molecular weight excluding hydrogens is 203 g/mol. The van der Waals surface area contributed by atoms with E-state index in [9.17, 15) is 4.39 Å². The number of hydrogen-bond acceptors (Lipinski definition) is 2. The molecule has 0 radical (unpaired) electrons. The number of halogens is 1. The maximum absolute atomic E-state index is 13.3. The predicted octanol–water partition coefficient (Wildman–Crippen LogP) is 3.14. The molecule has 0 unspecified atom stereocenters. The Balaban J connectivity index is 2.09. The summed E-state index contributed by atoms with van der Waals surface area (Å²) in [5.41, 5.74) is 2.75. The molecule has 0 spiro atoms. The van der Waals surface area contributed by atoms with E-state index in [4.69, 9.17) is 0 Å². The number of nitrogens with zero attached hydrogens (tertiary/aromatic N) is 1. The van der Waals surface area contributed by atoms with Crippen LogP contribution in [0.1, 0.15) is 11.1 Å². The molecule has 0 saturated heterocycles. The van der Waals surface area contributed by atoms with Crippen LogP contribution in [-0.4, -0.2) is 4.98 Å². The minimum atomic E-state index is -0.232. The van der Waals surface area contributed by atoms with Crippen LogP contribution in [0.2, 0.25) is 0 Å². The number of aromatic nitrogens is 1. The Morgan fingerprint density at radius 2 is 2.06 bits per heavy atom. The molecule has 2 nitrogen and oxygen atoms in total. The molecule has 1 N–H and O–H groups in total. The molecule has 1 heterocycles. The van der Waals surface area contributed by atoms with E-state index >= 15 is 0 Å². The second-order valence-electron chi connectivity index (χ2n) is 3.64. The van der Waals surface area contributed by atoms with Crippen molar-refractivity contribution in [3.8, 4) is 0 Å². The first kappa shape index (κ1) is 10.6. The molecule has 1 aromatic carbocycles. The van der Waals surface area contributed by atoms with Gasteiger partial charge < -0.3 is 5.32 Å². The quantitative estimate of drug-likeness (QED) is 0.852. The van der Waals surface area contributed by atoms with Crippen molar-refractivity contribution in [2.24, 2.45) is 0 Å². The molecule has 16 heavy (non-hydrogen) atoms. The van der Waals surface area contributed by atoms with Crippen LogP contribution in [-0.2, 0) is 6.54 Å². The average molecular weight is 216 g/mol. The van der Waals surface area contributed by atoms with E-state index in [2.05, 4.69) is 10.3 Å². The molecule has 2 aromatic rings. The van der Waals surface area contributed by atoms with Gasteiger partial charge in [0.05, 0.1) is 5.69 Å². The van der Waals surface area contributed by atoms with Crippen LogP contribution < -0.4 is 5.32 Å². The van der Waals surface area contributed by atoms with Gasteiger partial charge in [0.25, 0.3) is 0 Å². The third kappa shape index (κ3) is 2.37. The van der Waals surface area contributed by atoms with Crippen LogP contribution in [0.25, 0.3) is 0 Å². The van der Waals surface area contributed by atoms with Crippen molar-refractivity contribution < 1.29 is 4.39 Å². The molecule has 1 aromatic heterocycles. The summed E-state index contributed by atoms with van der Waals surface area (Å²) < 4.78 is 13.3. The van der Waals surface area contributed by atoms with E-state index in [1.807, 2.05) is 19.1 Å². The van der Waals surface area contributed by atoms with E-state index in [1.54, 1.807) is 24.5 Å².